The molecule has 2 heteroatoms. The molecule has 0 saturated heterocycles. The molecule has 0 N–H and O–H groups in total. The molecule has 0 bridgehead atoms. The Morgan fingerprint density at radius 3 is 2.64 bits per heavy atom. The van der Waals surface area contributed by atoms with Crippen molar-refractivity contribution < 1.29 is 4.18 Å². The van der Waals surface area contributed by atoms with Crippen LogP contribution in [0, 0.1) is 6.92 Å². The highest BCUT2D eigenvalue weighted by Gasteiger charge is 2.05. The van der Waals surface area contributed by atoms with Crippen LogP contribution < -0.4 is 4.18 Å². The molecule has 0 heterocycles. The minimum atomic E-state index is 0.784. The van der Waals surface area contributed by atoms with E-state index >= 15 is 0 Å². The molecular weight excluding hydrogens is 192 g/mol. The number of allylic oxidation sites excluding steroid dienone is 1. The van der Waals surface area contributed by atoms with Crippen LogP contribution in [0.15, 0.2) is 24.8 Å². The lowest BCUT2D eigenvalue weighted by atomic mass is 10.0. The average Bonchev–Trinajstić information content (AvgIpc) is 2.21. The van der Waals surface area contributed by atoms with Crippen LogP contribution >= 0.6 is 12.9 Å². The molecule has 0 aliphatic carbocycles. The summed E-state index contributed by atoms with van der Waals surface area (Å²) in [6.07, 6.45) is 5.88. The smallest absolute Gasteiger partial charge is 0.140 e. The maximum Gasteiger partial charge on any atom is 0.140 e. The molecule has 74 valence electrons. The second-order valence-electron chi connectivity index (χ2n) is 2.99. The topological polar surface area (TPSA) is 9.23 Å². The van der Waals surface area contributed by atoms with E-state index in [1.165, 1.54) is 0 Å². The number of benzene rings is 1. The first-order valence-corrected chi connectivity index (χ1v) is 4.81. The largest absolute Gasteiger partial charge is 0.429 e. The second-order valence-corrected chi connectivity index (χ2v) is 3.17. The maximum absolute atomic E-state index is 4.96. The fraction of sp³-hybridized carbons (Fsp3) is 0.167. The first kappa shape index (κ1) is 10.9. The average molecular weight is 206 g/mol. The van der Waals surface area contributed by atoms with Gasteiger partial charge in [0.05, 0.1) is 0 Å². The lowest BCUT2D eigenvalue weighted by Gasteiger charge is -2.09. The van der Waals surface area contributed by atoms with Gasteiger partial charge in [0.1, 0.15) is 5.75 Å². The Bertz CT molecular complexity index is 367. The summed E-state index contributed by atoms with van der Waals surface area (Å²) in [5, 5.41) is 0. The third-order valence-corrected chi connectivity index (χ3v) is 2.35. The van der Waals surface area contributed by atoms with Crippen molar-refractivity contribution in [1.82, 2.24) is 0 Å². The lowest BCUT2D eigenvalue weighted by Crippen LogP contribution is -1.89. The van der Waals surface area contributed by atoms with E-state index in [9.17, 15) is 0 Å². The van der Waals surface area contributed by atoms with Gasteiger partial charge in [-0.1, -0.05) is 30.9 Å². The standard InChI is InChI=1S/C12H14OS/c1-4-6-11-9(3)12(13-14)8-7-10(11)5-2/h4-8,14H,2H2,1,3H3/b6-4-. The Morgan fingerprint density at radius 1 is 1.43 bits per heavy atom. The van der Waals surface area contributed by atoms with Crippen LogP contribution in [-0.4, -0.2) is 0 Å². The molecule has 0 amide bonds. The minimum Gasteiger partial charge on any atom is -0.429 e. The summed E-state index contributed by atoms with van der Waals surface area (Å²) < 4.78 is 4.96. The molecule has 0 aromatic heterocycles. The lowest BCUT2D eigenvalue weighted by molar-refractivity contribution is 0.652. The highest BCUT2D eigenvalue weighted by Crippen LogP contribution is 2.27. The summed E-state index contributed by atoms with van der Waals surface area (Å²) in [6, 6.07) is 3.87. The first-order chi connectivity index (χ1) is 6.74. The zero-order chi connectivity index (χ0) is 10.6. The summed E-state index contributed by atoms with van der Waals surface area (Å²) in [6.45, 7) is 7.77. The summed E-state index contributed by atoms with van der Waals surface area (Å²) in [5.41, 5.74) is 3.32. The molecule has 1 aromatic rings. The molecule has 0 aliphatic heterocycles. The first-order valence-electron chi connectivity index (χ1n) is 4.44. The van der Waals surface area contributed by atoms with Gasteiger partial charge in [-0.05, 0) is 31.0 Å². The van der Waals surface area contributed by atoms with Crippen LogP contribution in [0.2, 0.25) is 0 Å². The van der Waals surface area contributed by atoms with Crippen LogP contribution in [0.1, 0.15) is 23.6 Å². The number of hydrogen-bond donors (Lipinski definition) is 1. The van der Waals surface area contributed by atoms with E-state index in [2.05, 4.69) is 19.5 Å². The van der Waals surface area contributed by atoms with E-state index < -0.39 is 0 Å². The van der Waals surface area contributed by atoms with Crippen molar-refractivity contribution >= 4 is 25.1 Å². The van der Waals surface area contributed by atoms with E-state index in [-0.39, 0.29) is 0 Å². The molecule has 0 fully saturated rings. The molecule has 1 aromatic carbocycles. The molecule has 0 spiro atoms. The van der Waals surface area contributed by atoms with Crippen molar-refractivity contribution in [2.45, 2.75) is 13.8 Å². The van der Waals surface area contributed by atoms with Gasteiger partial charge in [-0.15, -0.1) is 0 Å². The Labute approximate surface area is 90.7 Å². The monoisotopic (exact) mass is 206 g/mol. The van der Waals surface area contributed by atoms with Gasteiger partial charge in [0.2, 0.25) is 0 Å². The molecule has 0 aliphatic rings. The third-order valence-electron chi connectivity index (χ3n) is 2.15. The number of hydrogen-bond acceptors (Lipinski definition) is 2. The SMILES string of the molecule is C=Cc1ccc(OS)c(C)c1/C=C\C. The van der Waals surface area contributed by atoms with Gasteiger partial charge < -0.3 is 4.18 Å². The summed E-state index contributed by atoms with van der Waals surface area (Å²) >= 11 is 3.81. The van der Waals surface area contributed by atoms with Crippen LogP contribution in [0.5, 0.6) is 5.75 Å². The molecule has 0 saturated carbocycles. The zero-order valence-electron chi connectivity index (χ0n) is 8.45. The fourth-order valence-corrected chi connectivity index (χ4v) is 1.59. The number of thiol groups is 1. The Kier molecular flexibility index (Phi) is 3.84. The van der Waals surface area contributed by atoms with Crippen LogP contribution in [0.25, 0.3) is 12.2 Å². The van der Waals surface area contributed by atoms with Crippen molar-refractivity contribution in [2.75, 3.05) is 0 Å². The Hall–Kier alpha value is -1.15. The fourth-order valence-electron chi connectivity index (χ4n) is 1.39. The molecule has 1 nitrogen and oxygen atoms in total. The Morgan fingerprint density at radius 2 is 2.14 bits per heavy atom. The zero-order valence-corrected chi connectivity index (χ0v) is 9.34. The van der Waals surface area contributed by atoms with Gasteiger partial charge in [0, 0.05) is 18.5 Å². The van der Waals surface area contributed by atoms with Crippen molar-refractivity contribution in [2.24, 2.45) is 0 Å². The molecule has 0 unspecified atom stereocenters. The van der Waals surface area contributed by atoms with Gasteiger partial charge in [-0.2, -0.15) is 0 Å². The maximum atomic E-state index is 4.96. The van der Waals surface area contributed by atoms with Crippen molar-refractivity contribution in [1.29, 1.82) is 0 Å². The molecule has 0 radical (unpaired) electrons. The highest BCUT2D eigenvalue weighted by molar-refractivity contribution is 7.75. The van der Waals surface area contributed by atoms with Crippen molar-refractivity contribution in [3.05, 3.63) is 41.5 Å². The minimum absolute atomic E-state index is 0.784. The van der Waals surface area contributed by atoms with Crippen molar-refractivity contribution in [3.63, 3.8) is 0 Å². The highest BCUT2D eigenvalue weighted by atomic mass is 32.1. The van der Waals surface area contributed by atoms with E-state index in [1.807, 2.05) is 44.2 Å². The van der Waals surface area contributed by atoms with Gasteiger partial charge >= 0.3 is 0 Å². The molecule has 1 rings (SSSR count). The van der Waals surface area contributed by atoms with E-state index in [0.717, 1.165) is 22.4 Å². The van der Waals surface area contributed by atoms with Gasteiger partial charge in [-0.25, -0.2) is 0 Å². The predicted molar refractivity (Wildman–Crippen MR) is 65.6 cm³/mol. The summed E-state index contributed by atoms with van der Waals surface area (Å²) in [5.74, 6) is 0.784. The van der Waals surface area contributed by atoms with Crippen LogP contribution in [0.3, 0.4) is 0 Å². The van der Waals surface area contributed by atoms with Gasteiger partial charge in [0.15, 0.2) is 0 Å². The van der Waals surface area contributed by atoms with Crippen LogP contribution in [-0.2, 0) is 0 Å². The van der Waals surface area contributed by atoms with E-state index in [0.29, 0.717) is 0 Å². The van der Waals surface area contributed by atoms with E-state index in [1.54, 1.807) is 0 Å². The normalized spacial score (nSPS) is 10.5. The molecule has 14 heavy (non-hydrogen) atoms. The van der Waals surface area contributed by atoms with Gasteiger partial charge in [-0.3, -0.25) is 0 Å². The van der Waals surface area contributed by atoms with Crippen molar-refractivity contribution in [3.8, 4) is 5.75 Å². The predicted octanol–water partition coefficient (Wildman–Crippen LogP) is 3.89. The number of rotatable bonds is 3. The quantitative estimate of drug-likeness (QED) is 0.583. The van der Waals surface area contributed by atoms with E-state index in [4.69, 9.17) is 4.18 Å². The molecule has 0 atom stereocenters. The van der Waals surface area contributed by atoms with Crippen LogP contribution in [0.4, 0.5) is 0 Å². The third kappa shape index (κ3) is 2.02. The van der Waals surface area contributed by atoms with Gasteiger partial charge in [0.25, 0.3) is 0 Å². The molecular formula is C12H14OS. The summed E-state index contributed by atoms with van der Waals surface area (Å²) in [7, 11) is 0. The summed E-state index contributed by atoms with van der Waals surface area (Å²) in [4.78, 5) is 0. The second kappa shape index (κ2) is 4.91. The Balaban J connectivity index is 3.38.